The van der Waals surface area contributed by atoms with Crippen LogP contribution in [0.1, 0.15) is 5.69 Å². The molecule has 0 spiro atoms. The number of hydrogen-bond acceptors (Lipinski definition) is 5. The van der Waals surface area contributed by atoms with Crippen LogP contribution in [0.2, 0.25) is 0 Å². The first-order chi connectivity index (χ1) is 9.85. The highest BCUT2D eigenvalue weighted by atomic mass is 16.5. The van der Waals surface area contributed by atoms with Gasteiger partial charge in [-0.25, -0.2) is 9.67 Å². The van der Waals surface area contributed by atoms with Gasteiger partial charge in [0.25, 0.3) is 0 Å². The number of pyridine rings is 1. The predicted octanol–water partition coefficient (Wildman–Crippen LogP) is 2.33. The SMILES string of the molecule is N#Cc1cccc(Oc2ncn(-c3ccccc3)n2)n1. The molecule has 0 aliphatic carbocycles. The molecule has 6 heteroatoms. The van der Waals surface area contributed by atoms with E-state index in [2.05, 4.69) is 15.1 Å². The van der Waals surface area contributed by atoms with Gasteiger partial charge in [-0.15, -0.1) is 5.10 Å². The molecular formula is C14H9N5O. The fourth-order valence-electron chi connectivity index (χ4n) is 1.63. The third-order valence-electron chi connectivity index (χ3n) is 2.53. The minimum Gasteiger partial charge on any atom is -0.404 e. The van der Waals surface area contributed by atoms with Crippen molar-refractivity contribution in [2.75, 3.05) is 0 Å². The lowest BCUT2D eigenvalue weighted by Crippen LogP contribution is -1.95. The highest BCUT2D eigenvalue weighted by Gasteiger charge is 2.06. The molecule has 20 heavy (non-hydrogen) atoms. The van der Waals surface area contributed by atoms with E-state index in [0.29, 0.717) is 0 Å². The molecule has 0 saturated heterocycles. The van der Waals surface area contributed by atoms with Gasteiger partial charge in [-0.2, -0.15) is 10.2 Å². The Kier molecular flexibility index (Phi) is 3.08. The predicted molar refractivity (Wildman–Crippen MR) is 70.4 cm³/mol. The zero-order chi connectivity index (χ0) is 13.8. The molecule has 2 heterocycles. The van der Waals surface area contributed by atoms with Crippen LogP contribution < -0.4 is 4.74 Å². The summed E-state index contributed by atoms with van der Waals surface area (Å²) in [7, 11) is 0. The van der Waals surface area contributed by atoms with Gasteiger partial charge in [0.2, 0.25) is 5.88 Å². The van der Waals surface area contributed by atoms with Crippen LogP contribution in [-0.2, 0) is 0 Å². The quantitative estimate of drug-likeness (QED) is 0.724. The van der Waals surface area contributed by atoms with Crippen LogP contribution >= 0.6 is 0 Å². The first-order valence-corrected chi connectivity index (χ1v) is 5.87. The summed E-state index contributed by atoms with van der Waals surface area (Å²) in [6.45, 7) is 0. The Labute approximate surface area is 114 Å². The molecule has 0 amide bonds. The van der Waals surface area contributed by atoms with Crippen molar-refractivity contribution in [1.29, 1.82) is 5.26 Å². The van der Waals surface area contributed by atoms with Crippen molar-refractivity contribution in [3.63, 3.8) is 0 Å². The van der Waals surface area contributed by atoms with E-state index < -0.39 is 0 Å². The van der Waals surface area contributed by atoms with Crippen LogP contribution in [0.15, 0.2) is 54.9 Å². The first-order valence-electron chi connectivity index (χ1n) is 5.87. The van der Waals surface area contributed by atoms with Crippen molar-refractivity contribution in [3.05, 3.63) is 60.6 Å². The molecule has 96 valence electrons. The Hall–Kier alpha value is -3.20. The van der Waals surface area contributed by atoms with E-state index >= 15 is 0 Å². The highest BCUT2D eigenvalue weighted by molar-refractivity contribution is 5.30. The number of para-hydroxylation sites is 1. The Morgan fingerprint density at radius 3 is 2.70 bits per heavy atom. The second-order valence-electron chi connectivity index (χ2n) is 3.88. The zero-order valence-electron chi connectivity index (χ0n) is 10.3. The summed E-state index contributed by atoms with van der Waals surface area (Å²) >= 11 is 0. The Bertz CT molecular complexity index is 760. The fourth-order valence-corrected chi connectivity index (χ4v) is 1.63. The molecule has 0 aliphatic heterocycles. The molecule has 3 aromatic rings. The standard InChI is InChI=1S/C14H9N5O/c15-9-11-5-4-8-13(17-11)20-14-16-10-19(18-14)12-6-2-1-3-7-12/h1-8,10H. The molecular weight excluding hydrogens is 254 g/mol. The van der Waals surface area contributed by atoms with Gasteiger partial charge in [0.15, 0.2) is 0 Å². The van der Waals surface area contributed by atoms with Crippen molar-refractivity contribution in [3.8, 4) is 23.6 Å². The molecule has 1 aromatic carbocycles. The van der Waals surface area contributed by atoms with Gasteiger partial charge >= 0.3 is 6.01 Å². The van der Waals surface area contributed by atoms with Gasteiger partial charge in [-0.05, 0) is 18.2 Å². The van der Waals surface area contributed by atoms with E-state index in [1.807, 2.05) is 36.4 Å². The summed E-state index contributed by atoms with van der Waals surface area (Å²) in [5.41, 5.74) is 1.17. The van der Waals surface area contributed by atoms with Crippen molar-refractivity contribution in [1.82, 2.24) is 19.7 Å². The van der Waals surface area contributed by atoms with Gasteiger partial charge in [0, 0.05) is 6.07 Å². The van der Waals surface area contributed by atoms with Crippen molar-refractivity contribution in [2.45, 2.75) is 0 Å². The lowest BCUT2D eigenvalue weighted by atomic mass is 10.3. The molecule has 0 bridgehead atoms. The summed E-state index contributed by atoms with van der Waals surface area (Å²) in [6.07, 6.45) is 1.55. The van der Waals surface area contributed by atoms with Crippen molar-refractivity contribution < 1.29 is 4.74 Å². The van der Waals surface area contributed by atoms with Crippen LogP contribution in [0.4, 0.5) is 0 Å². The molecule has 3 rings (SSSR count). The van der Waals surface area contributed by atoms with E-state index in [9.17, 15) is 0 Å². The van der Waals surface area contributed by atoms with Crippen LogP contribution in [0.3, 0.4) is 0 Å². The molecule has 0 radical (unpaired) electrons. The van der Waals surface area contributed by atoms with Gasteiger partial charge in [-0.3, -0.25) is 0 Å². The molecule has 0 fully saturated rings. The minimum atomic E-state index is 0.177. The number of benzene rings is 1. The lowest BCUT2D eigenvalue weighted by Gasteiger charge is -2.00. The Morgan fingerprint density at radius 2 is 1.90 bits per heavy atom. The molecule has 0 unspecified atom stereocenters. The average Bonchev–Trinajstić information content (AvgIpc) is 2.97. The van der Waals surface area contributed by atoms with E-state index in [-0.39, 0.29) is 17.6 Å². The number of aromatic nitrogens is 4. The summed E-state index contributed by atoms with van der Waals surface area (Å²) in [6, 6.07) is 16.6. The smallest absolute Gasteiger partial charge is 0.342 e. The number of hydrogen-bond donors (Lipinski definition) is 0. The topological polar surface area (TPSA) is 76.6 Å². The number of ether oxygens (including phenoxy) is 1. The second-order valence-corrected chi connectivity index (χ2v) is 3.88. The van der Waals surface area contributed by atoms with Crippen molar-refractivity contribution >= 4 is 0 Å². The van der Waals surface area contributed by atoms with E-state index in [0.717, 1.165) is 5.69 Å². The highest BCUT2D eigenvalue weighted by Crippen LogP contribution is 2.16. The van der Waals surface area contributed by atoms with Gasteiger partial charge in [0.05, 0.1) is 5.69 Å². The third-order valence-corrected chi connectivity index (χ3v) is 2.53. The number of nitrogens with zero attached hydrogens (tertiary/aromatic N) is 5. The first kappa shape index (κ1) is 11.9. The fraction of sp³-hybridized carbons (Fsp3) is 0. The molecule has 0 atom stereocenters. The molecule has 0 aliphatic rings. The maximum absolute atomic E-state index is 8.78. The third kappa shape index (κ3) is 2.47. The second kappa shape index (κ2) is 5.20. The molecule has 0 N–H and O–H groups in total. The van der Waals surface area contributed by atoms with Gasteiger partial charge in [0.1, 0.15) is 18.1 Å². The average molecular weight is 263 g/mol. The van der Waals surface area contributed by atoms with E-state index in [4.69, 9.17) is 10.00 Å². The van der Waals surface area contributed by atoms with Crippen LogP contribution in [0.5, 0.6) is 11.9 Å². The monoisotopic (exact) mass is 263 g/mol. The zero-order valence-corrected chi connectivity index (χ0v) is 10.3. The maximum Gasteiger partial charge on any atom is 0.342 e. The molecule has 6 nitrogen and oxygen atoms in total. The van der Waals surface area contributed by atoms with E-state index in [1.54, 1.807) is 29.2 Å². The van der Waals surface area contributed by atoms with Crippen molar-refractivity contribution in [2.24, 2.45) is 0 Å². The maximum atomic E-state index is 8.78. The van der Waals surface area contributed by atoms with Gasteiger partial charge < -0.3 is 4.74 Å². The van der Waals surface area contributed by atoms with Gasteiger partial charge in [-0.1, -0.05) is 24.3 Å². The van der Waals surface area contributed by atoms with Crippen LogP contribution in [0.25, 0.3) is 5.69 Å². The lowest BCUT2D eigenvalue weighted by molar-refractivity contribution is 0.424. The summed E-state index contributed by atoms with van der Waals surface area (Å²) in [5, 5.41) is 13.0. The summed E-state index contributed by atoms with van der Waals surface area (Å²) in [4.78, 5) is 8.05. The Balaban J connectivity index is 1.83. The van der Waals surface area contributed by atoms with Crippen LogP contribution in [0, 0.1) is 11.3 Å². The van der Waals surface area contributed by atoms with E-state index in [1.165, 1.54) is 0 Å². The molecule has 2 aromatic heterocycles. The summed E-state index contributed by atoms with van der Waals surface area (Å²) in [5.74, 6) is 0.287. The molecule has 0 saturated carbocycles. The Morgan fingerprint density at radius 1 is 1.05 bits per heavy atom. The minimum absolute atomic E-state index is 0.177. The normalized spacial score (nSPS) is 9.95. The summed E-state index contributed by atoms with van der Waals surface area (Å²) < 4.78 is 7.02. The van der Waals surface area contributed by atoms with Crippen LogP contribution in [-0.4, -0.2) is 19.7 Å². The number of rotatable bonds is 3. The number of nitriles is 1. The largest absolute Gasteiger partial charge is 0.404 e.